The van der Waals surface area contributed by atoms with Crippen LogP contribution in [0.2, 0.25) is 5.02 Å². The Bertz CT molecular complexity index is 1130. The van der Waals surface area contributed by atoms with E-state index in [1.54, 1.807) is 48.4 Å². The van der Waals surface area contributed by atoms with Crippen LogP contribution in [-0.4, -0.2) is 55.1 Å². The van der Waals surface area contributed by atoms with Gasteiger partial charge < -0.3 is 19.9 Å². The first-order valence-electron chi connectivity index (χ1n) is 10.5. The topological polar surface area (TPSA) is 86.8 Å². The minimum Gasteiger partial charge on any atom is -0.497 e. The summed E-state index contributed by atoms with van der Waals surface area (Å²) in [5, 5.41) is 5.86. The third-order valence-electron chi connectivity index (χ3n) is 5.36. The summed E-state index contributed by atoms with van der Waals surface area (Å²) in [5.74, 6) is 1.04. The Morgan fingerprint density at radius 2 is 1.76 bits per heavy atom. The number of pyridine rings is 1. The van der Waals surface area contributed by atoms with E-state index >= 15 is 0 Å². The fourth-order valence-electron chi connectivity index (χ4n) is 3.64. The van der Waals surface area contributed by atoms with Crippen LogP contribution in [0.15, 0.2) is 66.9 Å². The maximum absolute atomic E-state index is 13.2. The van der Waals surface area contributed by atoms with Gasteiger partial charge in [0.1, 0.15) is 11.6 Å². The molecule has 8 nitrogen and oxygen atoms in total. The number of para-hydroxylation sites is 1. The maximum Gasteiger partial charge on any atom is 0.324 e. The van der Waals surface area contributed by atoms with Crippen molar-refractivity contribution in [1.82, 2.24) is 9.88 Å². The molecule has 1 fully saturated rings. The number of hydrogen-bond acceptors (Lipinski definition) is 5. The zero-order valence-corrected chi connectivity index (χ0v) is 18.9. The van der Waals surface area contributed by atoms with E-state index in [9.17, 15) is 9.59 Å². The van der Waals surface area contributed by atoms with Crippen molar-refractivity contribution < 1.29 is 14.3 Å². The predicted molar refractivity (Wildman–Crippen MR) is 129 cm³/mol. The molecule has 0 bridgehead atoms. The summed E-state index contributed by atoms with van der Waals surface area (Å²) in [7, 11) is 1.65. The quantitative estimate of drug-likeness (QED) is 0.585. The van der Waals surface area contributed by atoms with E-state index < -0.39 is 6.03 Å². The zero-order valence-electron chi connectivity index (χ0n) is 18.1. The summed E-state index contributed by atoms with van der Waals surface area (Å²) in [6.07, 6.45) is 1.44. The predicted octanol–water partition coefficient (Wildman–Crippen LogP) is 4.35. The molecule has 170 valence electrons. The number of benzene rings is 2. The molecule has 4 rings (SSSR count). The van der Waals surface area contributed by atoms with Gasteiger partial charge in [-0.3, -0.25) is 10.1 Å². The molecule has 1 aliphatic rings. The number of methoxy groups -OCH3 is 1. The number of rotatable bonds is 5. The monoisotopic (exact) mass is 465 g/mol. The summed E-state index contributed by atoms with van der Waals surface area (Å²) in [6.45, 7) is 2.56. The third kappa shape index (κ3) is 5.53. The van der Waals surface area contributed by atoms with Gasteiger partial charge in [-0.25, -0.2) is 9.78 Å². The summed E-state index contributed by atoms with van der Waals surface area (Å²) >= 11 is 5.82. The summed E-state index contributed by atoms with van der Waals surface area (Å²) in [4.78, 5) is 33.7. The molecule has 3 amide bonds. The van der Waals surface area contributed by atoms with Gasteiger partial charge in [-0.05, 0) is 36.4 Å². The Hall–Kier alpha value is -3.78. The van der Waals surface area contributed by atoms with Gasteiger partial charge in [0.25, 0.3) is 5.91 Å². The second kappa shape index (κ2) is 10.2. The molecular weight excluding hydrogens is 442 g/mol. The average molecular weight is 466 g/mol. The van der Waals surface area contributed by atoms with Crippen molar-refractivity contribution in [3.63, 3.8) is 0 Å². The second-order valence-electron chi connectivity index (χ2n) is 7.47. The van der Waals surface area contributed by atoms with Crippen LogP contribution in [0.3, 0.4) is 0 Å². The van der Waals surface area contributed by atoms with Gasteiger partial charge in [0.05, 0.1) is 23.4 Å². The molecule has 2 heterocycles. The van der Waals surface area contributed by atoms with Crippen molar-refractivity contribution in [2.75, 3.05) is 48.8 Å². The van der Waals surface area contributed by atoms with E-state index in [0.29, 0.717) is 48.3 Å². The Labute approximate surface area is 197 Å². The van der Waals surface area contributed by atoms with Crippen LogP contribution in [0.1, 0.15) is 10.4 Å². The van der Waals surface area contributed by atoms with Crippen molar-refractivity contribution in [1.29, 1.82) is 0 Å². The molecule has 0 spiro atoms. The normalized spacial score (nSPS) is 13.4. The first kappa shape index (κ1) is 22.4. The Morgan fingerprint density at radius 3 is 2.48 bits per heavy atom. The molecule has 33 heavy (non-hydrogen) atoms. The van der Waals surface area contributed by atoms with Crippen molar-refractivity contribution in [3.8, 4) is 5.75 Å². The highest BCUT2D eigenvalue weighted by Gasteiger charge is 2.24. The van der Waals surface area contributed by atoms with Crippen LogP contribution < -0.4 is 20.3 Å². The number of anilines is 3. The van der Waals surface area contributed by atoms with Gasteiger partial charge in [0.15, 0.2) is 0 Å². The van der Waals surface area contributed by atoms with Crippen molar-refractivity contribution in [2.24, 2.45) is 0 Å². The van der Waals surface area contributed by atoms with Gasteiger partial charge >= 0.3 is 6.03 Å². The number of halogens is 1. The first-order chi connectivity index (χ1) is 16.0. The SMILES string of the molecule is COc1cccc(N2CCN(C(=O)c3ccccc3NC(=O)Nc3ccc(Cl)cn3)CC2)c1. The fourth-order valence-corrected chi connectivity index (χ4v) is 3.76. The number of hydrogen-bond donors (Lipinski definition) is 2. The number of piperazine rings is 1. The van der Waals surface area contributed by atoms with Gasteiger partial charge in [0.2, 0.25) is 0 Å². The van der Waals surface area contributed by atoms with Crippen molar-refractivity contribution in [3.05, 3.63) is 77.4 Å². The third-order valence-corrected chi connectivity index (χ3v) is 5.58. The zero-order chi connectivity index (χ0) is 23.2. The van der Waals surface area contributed by atoms with Gasteiger partial charge in [-0.15, -0.1) is 0 Å². The number of nitrogens with one attached hydrogen (secondary N) is 2. The largest absolute Gasteiger partial charge is 0.497 e. The first-order valence-corrected chi connectivity index (χ1v) is 10.9. The summed E-state index contributed by atoms with van der Waals surface area (Å²) < 4.78 is 5.31. The molecule has 0 unspecified atom stereocenters. The number of aromatic nitrogens is 1. The molecule has 2 aromatic carbocycles. The molecular formula is C24H24ClN5O3. The van der Waals surface area contributed by atoms with E-state index in [1.807, 2.05) is 24.3 Å². The molecule has 9 heteroatoms. The Balaban J connectivity index is 1.39. The molecule has 2 N–H and O–H groups in total. The molecule has 3 aromatic rings. The maximum atomic E-state index is 13.2. The van der Waals surface area contributed by atoms with E-state index in [-0.39, 0.29) is 5.91 Å². The molecule has 1 aromatic heterocycles. The van der Waals surface area contributed by atoms with E-state index in [0.717, 1.165) is 11.4 Å². The lowest BCUT2D eigenvalue weighted by Gasteiger charge is -2.36. The molecule has 1 aliphatic heterocycles. The number of amides is 3. The highest BCUT2D eigenvalue weighted by atomic mass is 35.5. The Kier molecular flexibility index (Phi) is 6.95. The Morgan fingerprint density at radius 1 is 0.970 bits per heavy atom. The van der Waals surface area contributed by atoms with E-state index in [2.05, 4.69) is 20.5 Å². The standard InChI is InChI=1S/C24H24ClN5O3/c1-33-19-6-4-5-18(15-19)29-11-13-30(14-12-29)23(31)20-7-2-3-8-21(20)27-24(32)28-22-10-9-17(25)16-26-22/h2-10,15-16H,11-14H2,1H3,(H2,26,27,28,32). The highest BCUT2D eigenvalue weighted by Crippen LogP contribution is 2.24. The highest BCUT2D eigenvalue weighted by molar-refractivity contribution is 6.30. The van der Waals surface area contributed by atoms with E-state index in [4.69, 9.17) is 16.3 Å². The lowest BCUT2D eigenvalue weighted by Crippen LogP contribution is -2.49. The fraction of sp³-hybridized carbons (Fsp3) is 0.208. The molecule has 0 saturated carbocycles. The molecule has 0 aliphatic carbocycles. The van der Waals surface area contributed by atoms with Crippen LogP contribution >= 0.6 is 11.6 Å². The minimum atomic E-state index is -0.493. The summed E-state index contributed by atoms with van der Waals surface area (Å²) in [5.41, 5.74) is 1.94. The van der Waals surface area contributed by atoms with Crippen LogP contribution in [0, 0.1) is 0 Å². The second-order valence-corrected chi connectivity index (χ2v) is 7.90. The average Bonchev–Trinajstić information content (AvgIpc) is 2.85. The molecule has 0 atom stereocenters. The number of carbonyl (C=O) groups is 2. The van der Waals surface area contributed by atoms with Crippen molar-refractivity contribution in [2.45, 2.75) is 0 Å². The number of ether oxygens (including phenoxy) is 1. The van der Waals surface area contributed by atoms with Crippen LogP contribution in [0.4, 0.5) is 22.0 Å². The number of carbonyl (C=O) groups excluding carboxylic acids is 2. The molecule has 0 radical (unpaired) electrons. The van der Waals surface area contributed by atoms with Crippen molar-refractivity contribution >= 4 is 40.7 Å². The van der Waals surface area contributed by atoms with Crippen LogP contribution in [0.5, 0.6) is 5.75 Å². The lowest BCUT2D eigenvalue weighted by molar-refractivity contribution is 0.0748. The van der Waals surface area contributed by atoms with Gasteiger partial charge in [0, 0.05) is 44.1 Å². The minimum absolute atomic E-state index is 0.124. The lowest BCUT2D eigenvalue weighted by atomic mass is 10.1. The molecule has 1 saturated heterocycles. The van der Waals surface area contributed by atoms with Gasteiger partial charge in [-0.2, -0.15) is 0 Å². The number of urea groups is 1. The smallest absolute Gasteiger partial charge is 0.324 e. The van der Waals surface area contributed by atoms with Crippen LogP contribution in [0.25, 0.3) is 0 Å². The van der Waals surface area contributed by atoms with Crippen LogP contribution in [-0.2, 0) is 0 Å². The van der Waals surface area contributed by atoms with Gasteiger partial charge in [-0.1, -0.05) is 29.8 Å². The van der Waals surface area contributed by atoms with E-state index in [1.165, 1.54) is 6.20 Å². The number of nitrogens with zero attached hydrogens (tertiary/aromatic N) is 3. The summed E-state index contributed by atoms with van der Waals surface area (Å²) in [6, 6.07) is 17.6.